The summed E-state index contributed by atoms with van der Waals surface area (Å²) in [7, 11) is 2.16. The molecular formula is C18H19BrN4O2. The number of halogens is 1. The summed E-state index contributed by atoms with van der Waals surface area (Å²) < 4.78 is 11.9. The van der Waals surface area contributed by atoms with E-state index in [0.717, 1.165) is 19.6 Å². The smallest absolute Gasteiger partial charge is 0.283 e. The van der Waals surface area contributed by atoms with Crippen LogP contribution in [0.4, 0.5) is 0 Å². The minimum absolute atomic E-state index is 0.313. The first-order valence-electron chi connectivity index (χ1n) is 8.24. The third-order valence-electron chi connectivity index (χ3n) is 4.47. The fourth-order valence-electron chi connectivity index (χ4n) is 3.16. The SMILES string of the molecule is CN1CCN(Cc2nnc(-c3ccc(Br)o3)o2)C(c2ccccc2)C1. The van der Waals surface area contributed by atoms with Crippen LogP contribution in [0.15, 0.2) is 56.0 Å². The van der Waals surface area contributed by atoms with Crippen LogP contribution in [0.3, 0.4) is 0 Å². The predicted octanol–water partition coefficient (Wildman–Crippen LogP) is 3.58. The lowest BCUT2D eigenvalue weighted by Gasteiger charge is -2.39. The Morgan fingerprint density at radius 1 is 1.08 bits per heavy atom. The summed E-state index contributed by atoms with van der Waals surface area (Å²) in [5, 5.41) is 8.31. The van der Waals surface area contributed by atoms with E-state index >= 15 is 0 Å². The molecule has 6 nitrogen and oxygen atoms in total. The average molecular weight is 403 g/mol. The molecule has 1 aliphatic heterocycles. The molecule has 1 atom stereocenters. The monoisotopic (exact) mass is 402 g/mol. The van der Waals surface area contributed by atoms with Crippen LogP contribution in [0.2, 0.25) is 0 Å². The van der Waals surface area contributed by atoms with Gasteiger partial charge in [-0.15, -0.1) is 10.2 Å². The summed E-state index contributed by atoms with van der Waals surface area (Å²) in [4.78, 5) is 4.75. The number of rotatable bonds is 4. The molecule has 1 aromatic carbocycles. The van der Waals surface area contributed by atoms with Gasteiger partial charge >= 0.3 is 0 Å². The van der Waals surface area contributed by atoms with Gasteiger partial charge in [0, 0.05) is 25.7 Å². The summed E-state index contributed by atoms with van der Waals surface area (Å²) in [6, 6.07) is 14.5. The van der Waals surface area contributed by atoms with Crippen LogP contribution < -0.4 is 0 Å². The van der Waals surface area contributed by atoms with Crippen LogP contribution in [0.1, 0.15) is 17.5 Å². The van der Waals surface area contributed by atoms with E-state index in [2.05, 4.69) is 67.2 Å². The Balaban J connectivity index is 1.53. The molecule has 0 N–H and O–H groups in total. The summed E-state index contributed by atoms with van der Waals surface area (Å²) in [5.41, 5.74) is 1.31. The maximum Gasteiger partial charge on any atom is 0.283 e. The van der Waals surface area contributed by atoms with Gasteiger partial charge in [0.1, 0.15) is 0 Å². The molecule has 2 aromatic heterocycles. The molecule has 1 fully saturated rings. The van der Waals surface area contributed by atoms with Crippen LogP contribution in [0.25, 0.3) is 11.7 Å². The Morgan fingerprint density at radius 2 is 1.92 bits per heavy atom. The van der Waals surface area contributed by atoms with E-state index in [-0.39, 0.29) is 0 Å². The highest BCUT2D eigenvalue weighted by atomic mass is 79.9. The zero-order valence-corrected chi connectivity index (χ0v) is 15.5. The van der Waals surface area contributed by atoms with Gasteiger partial charge in [0.05, 0.1) is 6.54 Å². The van der Waals surface area contributed by atoms with Gasteiger partial charge in [-0.05, 0) is 40.7 Å². The fourth-order valence-corrected chi connectivity index (χ4v) is 3.46. The number of aromatic nitrogens is 2. The first-order chi connectivity index (χ1) is 12.2. The number of nitrogens with zero attached hydrogens (tertiary/aromatic N) is 4. The molecule has 0 amide bonds. The minimum atomic E-state index is 0.313. The molecular weight excluding hydrogens is 384 g/mol. The molecule has 0 aliphatic carbocycles. The van der Waals surface area contributed by atoms with Crippen molar-refractivity contribution in [3.63, 3.8) is 0 Å². The van der Waals surface area contributed by atoms with Gasteiger partial charge in [0.2, 0.25) is 5.89 Å². The Bertz CT molecular complexity index is 832. The first kappa shape index (κ1) is 16.5. The van der Waals surface area contributed by atoms with Crippen LogP contribution in [-0.4, -0.2) is 46.7 Å². The van der Waals surface area contributed by atoms with Gasteiger partial charge in [-0.3, -0.25) is 4.90 Å². The molecule has 3 heterocycles. The van der Waals surface area contributed by atoms with Crippen LogP contribution in [0.5, 0.6) is 0 Å². The molecule has 130 valence electrons. The van der Waals surface area contributed by atoms with Crippen molar-refractivity contribution in [2.24, 2.45) is 0 Å². The van der Waals surface area contributed by atoms with Crippen molar-refractivity contribution >= 4 is 15.9 Å². The Kier molecular flexibility index (Phi) is 4.70. The zero-order valence-electron chi connectivity index (χ0n) is 13.9. The molecule has 1 unspecified atom stereocenters. The number of benzene rings is 1. The second-order valence-corrected chi connectivity index (χ2v) is 7.05. The molecule has 1 saturated heterocycles. The van der Waals surface area contributed by atoms with E-state index in [1.807, 2.05) is 18.2 Å². The average Bonchev–Trinajstić information content (AvgIpc) is 3.26. The Hall–Kier alpha value is -1.96. The van der Waals surface area contributed by atoms with Crippen molar-refractivity contribution in [2.45, 2.75) is 12.6 Å². The number of furan rings is 1. The van der Waals surface area contributed by atoms with Gasteiger partial charge in [0.15, 0.2) is 10.4 Å². The minimum Gasteiger partial charge on any atom is -0.444 e. The lowest BCUT2D eigenvalue weighted by molar-refractivity contribution is 0.0758. The highest BCUT2D eigenvalue weighted by Crippen LogP contribution is 2.28. The quantitative estimate of drug-likeness (QED) is 0.664. The zero-order chi connectivity index (χ0) is 17.2. The molecule has 0 bridgehead atoms. The third kappa shape index (κ3) is 3.68. The van der Waals surface area contributed by atoms with Crippen molar-refractivity contribution in [3.8, 4) is 11.7 Å². The fraction of sp³-hybridized carbons (Fsp3) is 0.333. The van der Waals surface area contributed by atoms with Gasteiger partial charge in [0.25, 0.3) is 5.89 Å². The normalized spacial score (nSPS) is 19.4. The predicted molar refractivity (Wildman–Crippen MR) is 96.8 cm³/mol. The Labute approximate surface area is 154 Å². The van der Waals surface area contributed by atoms with Gasteiger partial charge in [-0.1, -0.05) is 30.3 Å². The second kappa shape index (κ2) is 7.11. The van der Waals surface area contributed by atoms with Crippen LogP contribution in [-0.2, 0) is 6.54 Å². The van der Waals surface area contributed by atoms with E-state index in [4.69, 9.17) is 8.83 Å². The molecule has 0 spiro atoms. The number of hydrogen-bond acceptors (Lipinski definition) is 6. The van der Waals surface area contributed by atoms with Gasteiger partial charge in [-0.2, -0.15) is 0 Å². The molecule has 0 radical (unpaired) electrons. The van der Waals surface area contributed by atoms with Crippen molar-refractivity contribution in [1.29, 1.82) is 0 Å². The molecule has 25 heavy (non-hydrogen) atoms. The van der Waals surface area contributed by atoms with Crippen LogP contribution >= 0.6 is 15.9 Å². The second-order valence-electron chi connectivity index (χ2n) is 6.26. The van der Waals surface area contributed by atoms with E-state index in [0.29, 0.717) is 34.8 Å². The highest BCUT2D eigenvalue weighted by molar-refractivity contribution is 9.10. The Morgan fingerprint density at radius 3 is 2.68 bits per heavy atom. The largest absolute Gasteiger partial charge is 0.444 e. The lowest BCUT2D eigenvalue weighted by atomic mass is 10.0. The molecule has 4 rings (SSSR count). The van der Waals surface area contributed by atoms with Crippen molar-refractivity contribution in [1.82, 2.24) is 20.0 Å². The topological polar surface area (TPSA) is 58.5 Å². The van der Waals surface area contributed by atoms with E-state index in [9.17, 15) is 0 Å². The van der Waals surface area contributed by atoms with E-state index in [1.165, 1.54) is 5.56 Å². The molecule has 7 heteroatoms. The molecule has 3 aromatic rings. The number of likely N-dealkylation sites (N-methyl/N-ethyl adjacent to an activating group) is 1. The van der Waals surface area contributed by atoms with Crippen molar-refractivity contribution < 1.29 is 8.83 Å². The molecule has 0 saturated carbocycles. The molecule has 1 aliphatic rings. The maximum absolute atomic E-state index is 5.80. The summed E-state index contributed by atoms with van der Waals surface area (Å²) in [5.74, 6) is 1.59. The third-order valence-corrected chi connectivity index (χ3v) is 4.89. The summed E-state index contributed by atoms with van der Waals surface area (Å²) in [6.07, 6.45) is 0. The number of hydrogen-bond donors (Lipinski definition) is 0. The van der Waals surface area contributed by atoms with Gasteiger partial charge < -0.3 is 13.7 Å². The van der Waals surface area contributed by atoms with Crippen LogP contribution in [0, 0.1) is 0 Å². The lowest BCUT2D eigenvalue weighted by Crippen LogP contribution is -2.46. The summed E-state index contributed by atoms with van der Waals surface area (Å²) >= 11 is 3.29. The first-order valence-corrected chi connectivity index (χ1v) is 9.04. The standard InChI is InChI=1S/C18H19BrN4O2/c1-22-9-10-23(14(11-22)13-5-3-2-4-6-13)12-17-20-21-18(25-17)15-7-8-16(19)24-15/h2-8,14H,9-12H2,1H3. The number of piperazine rings is 1. The maximum atomic E-state index is 5.80. The highest BCUT2D eigenvalue weighted by Gasteiger charge is 2.28. The van der Waals surface area contributed by atoms with E-state index in [1.54, 1.807) is 0 Å². The van der Waals surface area contributed by atoms with Crippen molar-refractivity contribution in [2.75, 3.05) is 26.7 Å². The van der Waals surface area contributed by atoms with Gasteiger partial charge in [-0.25, -0.2) is 0 Å². The summed E-state index contributed by atoms with van der Waals surface area (Å²) in [6.45, 7) is 3.59. The van der Waals surface area contributed by atoms with E-state index < -0.39 is 0 Å². The van der Waals surface area contributed by atoms with Crippen molar-refractivity contribution in [3.05, 3.63) is 58.6 Å².